The Labute approximate surface area is 174 Å². The summed E-state index contributed by atoms with van der Waals surface area (Å²) in [6.45, 7) is 0. The first kappa shape index (κ1) is 17.5. The van der Waals surface area contributed by atoms with Gasteiger partial charge in [0.15, 0.2) is 0 Å². The van der Waals surface area contributed by atoms with Crippen LogP contribution in [0.5, 0.6) is 11.5 Å². The van der Waals surface area contributed by atoms with Crippen LogP contribution in [0.25, 0.3) is 10.8 Å². The lowest BCUT2D eigenvalue weighted by Gasteiger charge is -2.23. The van der Waals surface area contributed by atoms with Crippen LogP contribution in [0.15, 0.2) is 66.7 Å². The first-order chi connectivity index (χ1) is 14.7. The molecule has 3 aromatic carbocycles. The number of rotatable bonds is 4. The number of nitrogens with one attached hydrogen (secondary N) is 1. The van der Waals surface area contributed by atoms with Gasteiger partial charge in [-0.25, -0.2) is 0 Å². The van der Waals surface area contributed by atoms with E-state index < -0.39 is 0 Å². The average Bonchev–Trinajstić information content (AvgIpc) is 3.38. The number of carbonyl (C=O) groups is 2. The molecule has 30 heavy (non-hydrogen) atoms. The van der Waals surface area contributed by atoms with Gasteiger partial charge in [0, 0.05) is 11.6 Å². The van der Waals surface area contributed by atoms with Gasteiger partial charge in [-0.05, 0) is 65.9 Å². The number of fused-ring (bicyclic) bond motifs is 2. The summed E-state index contributed by atoms with van der Waals surface area (Å²) in [6, 6.07) is 21.5. The van der Waals surface area contributed by atoms with Gasteiger partial charge in [0.1, 0.15) is 17.6 Å². The first-order valence-electron chi connectivity index (χ1n) is 10.4. The Morgan fingerprint density at radius 2 is 1.70 bits per heavy atom. The highest BCUT2D eigenvalue weighted by atomic mass is 16.6. The van der Waals surface area contributed by atoms with Crippen molar-refractivity contribution >= 4 is 28.3 Å². The fourth-order valence-corrected chi connectivity index (χ4v) is 5.56. The van der Waals surface area contributed by atoms with Gasteiger partial charge in [-0.1, -0.05) is 30.3 Å². The second-order valence-corrected chi connectivity index (χ2v) is 8.55. The molecule has 1 N–H and O–H groups in total. The van der Waals surface area contributed by atoms with Gasteiger partial charge in [0.25, 0.3) is 0 Å². The van der Waals surface area contributed by atoms with Crippen molar-refractivity contribution < 1.29 is 19.1 Å². The van der Waals surface area contributed by atoms with E-state index in [0.717, 1.165) is 24.0 Å². The number of hydrogen-bond donors (Lipinski definition) is 1. The molecule has 5 heteroatoms. The minimum absolute atomic E-state index is 0.0445. The predicted molar refractivity (Wildman–Crippen MR) is 112 cm³/mol. The number of carbonyl (C=O) groups excluding carboxylic acids is 2. The summed E-state index contributed by atoms with van der Waals surface area (Å²) in [5.41, 5.74) is 0.705. The molecular weight excluding hydrogens is 378 g/mol. The number of amides is 1. The van der Waals surface area contributed by atoms with Crippen LogP contribution in [0.1, 0.15) is 12.8 Å². The lowest BCUT2D eigenvalue weighted by atomic mass is 9.79. The molecule has 2 saturated carbocycles. The predicted octanol–water partition coefficient (Wildman–Crippen LogP) is 4.77. The maximum atomic E-state index is 12.9. The van der Waals surface area contributed by atoms with E-state index in [-0.39, 0.29) is 41.7 Å². The van der Waals surface area contributed by atoms with Crippen LogP contribution < -0.4 is 10.1 Å². The zero-order valence-corrected chi connectivity index (χ0v) is 16.3. The van der Waals surface area contributed by atoms with Crippen molar-refractivity contribution in [3.05, 3.63) is 66.7 Å². The molecule has 2 bridgehead atoms. The van der Waals surface area contributed by atoms with Gasteiger partial charge >= 0.3 is 5.97 Å². The monoisotopic (exact) mass is 399 g/mol. The van der Waals surface area contributed by atoms with Crippen molar-refractivity contribution in [3.8, 4) is 11.5 Å². The van der Waals surface area contributed by atoms with Crippen LogP contribution in [0.4, 0.5) is 5.69 Å². The smallest absolute Gasteiger partial charge is 0.310 e. The molecule has 150 valence electrons. The molecule has 0 spiro atoms. The highest BCUT2D eigenvalue weighted by Gasteiger charge is 2.63. The number of ether oxygens (including phenoxy) is 2. The molecule has 2 aliphatic carbocycles. The van der Waals surface area contributed by atoms with Gasteiger partial charge in [0.2, 0.25) is 5.91 Å². The SMILES string of the molecule is O=C(Nc1ccc(Oc2ccc3ccccc3c2)cc1)[C@@H]1[C@@H]2C[C@@H]3[C@@H]1C(=O)O[C@H]3C2. The van der Waals surface area contributed by atoms with E-state index in [2.05, 4.69) is 17.4 Å². The van der Waals surface area contributed by atoms with Gasteiger partial charge in [0.05, 0.1) is 11.8 Å². The molecule has 1 saturated heterocycles. The van der Waals surface area contributed by atoms with Gasteiger partial charge in [-0.15, -0.1) is 0 Å². The molecule has 3 fully saturated rings. The Kier molecular flexibility index (Phi) is 3.85. The van der Waals surface area contributed by atoms with Crippen molar-refractivity contribution in [2.75, 3.05) is 5.32 Å². The number of anilines is 1. The van der Waals surface area contributed by atoms with E-state index in [1.54, 1.807) is 0 Å². The largest absolute Gasteiger partial charge is 0.462 e. The zero-order valence-electron chi connectivity index (χ0n) is 16.3. The van der Waals surface area contributed by atoms with E-state index in [9.17, 15) is 9.59 Å². The molecule has 1 amide bonds. The number of benzene rings is 3. The maximum absolute atomic E-state index is 12.9. The second kappa shape index (κ2) is 6.59. The van der Waals surface area contributed by atoms with E-state index in [0.29, 0.717) is 11.4 Å². The maximum Gasteiger partial charge on any atom is 0.310 e. The minimum atomic E-state index is -0.269. The average molecular weight is 399 g/mol. The van der Waals surface area contributed by atoms with Crippen LogP contribution in [0.3, 0.4) is 0 Å². The fourth-order valence-electron chi connectivity index (χ4n) is 5.56. The van der Waals surface area contributed by atoms with Crippen molar-refractivity contribution in [1.82, 2.24) is 0 Å². The number of esters is 1. The normalized spacial score (nSPS) is 28.5. The Morgan fingerprint density at radius 1 is 0.933 bits per heavy atom. The minimum Gasteiger partial charge on any atom is -0.462 e. The van der Waals surface area contributed by atoms with Gasteiger partial charge in [-0.3, -0.25) is 9.59 Å². The van der Waals surface area contributed by atoms with Gasteiger partial charge in [-0.2, -0.15) is 0 Å². The third kappa shape index (κ3) is 2.76. The lowest BCUT2D eigenvalue weighted by molar-refractivity contribution is -0.145. The van der Waals surface area contributed by atoms with Crippen LogP contribution >= 0.6 is 0 Å². The Morgan fingerprint density at radius 3 is 2.53 bits per heavy atom. The third-order valence-electron chi connectivity index (χ3n) is 6.86. The highest BCUT2D eigenvalue weighted by Crippen LogP contribution is 2.57. The quantitative estimate of drug-likeness (QED) is 0.642. The summed E-state index contributed by atoms with van der Waals surface area (Å²) in [6.07, 6.45) is 1.80. The summed E-state index contributed by atoms with van der Waals surface area (Å²) in [5.74, 6) is 1.16. The molecule has 0 radical (unpaired) electrons. The molecular formula is C25H21NO4. The molecule has 3 aliphatic rings. The molecule has 1 heterocycles. The zero-order chi connectivity index (χ0) is 20.2. The Hall–Kier alpha value is -3.34. The Bertz CT molecular complexity index is 1150. The molecule has 5 nitrogen and oxygen atoms in total. The summed E-state index contributed by atoms with van der Waals surface area (Å²) >= 11 is 0. The molecule has 1 aliphatic heterocycles. The first-order valence-corrected chi connectivity index (χ1v) is 10.4. The molecule has 5 atom stereocenters. The fraction of sp³-hybridized carbons (Fsp3) is 0.280. The summed E-state index contributed by atoms with van der Waals surface area (Å²) in [5, 5.41) is 5.28. The van der Waals surface area contributed by atoms with Crippen LogP contribution in [0.2, 0.25) is 0 Å². The van der Waals surface area contributed by atoms with Gasteiger partial charge < -0.3 is 14.8 Å². The summed E-state index contributed by atoms with van der Waals surface area (Å²) < 4.78 is 11.4. The molecule has 6 rings (SSSR count). The standard InChI is InChI=1S/C25H21NO4/c27-24(22-16-12-20-21(13-16)30-25(28)23(20)22)26-17-6-9-18(10-7-17)29-19-8-5-14-3-1-2-4-15(14)11-19/h1-11,16,20-23H,12-13H2,(H,26,27)/t16-,20+,21+,22-,23+/m1/s1. The van der Waals surface area contributed by atoms with Crippen LogP contribution in [-0.2, 0) is 14.3 Å². The van der Waals surface area contributed by atoms with Crippen molar-refractivity contribution in [1.29, 1.82) is 0 Å². The summed E-state index contributed by atoms with van der Waals surface area (Å²) in [7, 11) is 0. The molecule has 0 aromatic heterocycles. The molecule has 0 unspecified atom stereocenters. The highest BCUT2D eigenvalue weighted by molar-refractivity contribution is 5.97. The van der Waals surface area contributed by atoms with E-state index in [1.165, 1.54) is 5.39 Å². The second-order valence-electron chi connectivity index (χ2n) is 8.55. The van der Waals surface area contributed by atoms with Crippen molar-refractivity contribution in [2.24, 2.45) is 23.7 Å². The lowest BCUT2D eigenvalue weighted by Crippen LogP contribution is -2.35. The Balaban J connectivity index is 1.15. The third-order valence-corrected chi connectivity index (χ3v) is 6.86. The van der Waals surface area contributed by atoms with Crippen molar-refractivity contribution in [2.45, 2.75) is 18.9 Å². The van der Waals surface area contributed by atoms with E-state index in [1.807, 2.05) is 54.6 Å². The molecule has 3 aromatic rings. The van der Waals surface area contributed by atoms with Crippen LogP contribution in [0, 0.1) is 23.7 Å². The van der Waals surface area contributed by atoms with E-state index in [4.69, 9.17) is 9.47 Å². The van der Waals surface area contributed by atoms with E-state index >= 15 is 0 Å². The van der Waals surface area contributed by atoms with Crippen molar-refractivity contribution in [3.63, 3.8) is 0 Å². The summed E-state index contributed by atoms with van der Waals surface area (Å²) in [4.78, 5) is 25.0. The number of hydrogen-bond acceptors (Lipinski definition) is 4. The topological polar surface area (TPSA) is 64.6 Å². The van der Waals surface area contributed by atoms with Crippen LogP contribution in [-0.4, -0.2) is 18.0 Å².